The zero-order valence-electron chi connectivity index (χ0n) is 13.8. The first-order valence-corrected chi connectivity index (χ1v) is 9.39. The van der Waals surface area contributed by atoms with Crippen LogP contribution in [0.15, 0.2) is 42.5 Å². The highest BCUT2D eigenvalue weighted by atomic mass is 35.5. The molecule has 7 heteroatoms. The number of hydrogen-bond donors (Lipinski definition) is 2. The van der Waals surface area contributed by atoms with Crippen molar-refractivity contribution in [2.75, 3.05) is 16.4 Å². The Labute approximate surface area is 161 Å². The summed E-state index contributed by atoms with van der Waals surface area (Å²) in [5.74, 6) is -0.190. The van der Waals surface area contributed by atoms with Crippen LogP contribution in [0.2, 0.25) is 10.0 Å². The normalized spacial score (nSPS) is 11.7. The second-order valence-electron chi connectivity index (χ2n) is 5.51. The van der Waals surface area contributed by atoms with Gasteiger partial charge in [-0.05, 0) is 44.2 Å². The van der Waals surface area contributed by atoms with Gasteiger partial charge in [0.25, 0.3) is 0 Å². The van der Waals surface area contributed by atoms with E-state index in [0.717, 1.165) is 11.3 Å². The van der Waals surface area contributed by atoms with Crippen molar-refractivity contribution in [3.8, 4) is 0 Å². The highest BCUT2D eigenvalue weighted by Crippen LogP contribution is 2.23. The van der Waals surface area contributed by atoms with E-state index >= 15 is 0 Å². The molecule has 0 bridgehead atoms. The maximum Gasteiger partial charge on any atom is 0.237 e. The molecule has 0 saturated heterocycles. The Bertz CT molecular complexity index is 746. The predicted molar refractivity (Wildman–Crippen MR) is 107 cm³/mol. The number of carbonyl (C=O) groups is 2. The fourth-order valence-corrected chi connectivity index (χ4v) is 3.19. The number of aryl methyl sites for hydroxylation is 1. The molecule has 0 aliphatic carbocycles. The molecule has 0 aliphatic heterocycles. The minimum atomic E-state index is -0.401. The average molecular weight is 397 g/mol. The first-order chi connectivity index (χ1) is 11.8. The van der Waals surface area contributed by atoms with E-state index in [-0.39, 0.29) is 17.6 Å². The summed E-state index contributed by atoms with van der Waals surface area (Å²) >= 11 is 13.1. The van der Waals surface area contributed by atoms with E-state index in [4.69, 9.17) is 23.2 Å². The second-order valence-corrected chi connectivity index (χ2v) is 7.72. The molecule has 132 valence electrons. The summed E-state index contributed by atoms with van der Waals surface area (Å²) in [6.07, 6.45) is 0. The lowest BCUT2D eigenvalue weighted by Crippen LogP contribution is -2.25. The summed E-state index contributed by atoms with van der Waals surface area (Å²) in [7, 11) is 0. The highest BCUT2D eigenvalue weighted by Gasteiger charge is 2.16. The first-order valence-electron chi connectivity index (χ1n) is 7.58. The van der Waals surface area contributed by atoms with Gasteiger partial charge in [0.2, 0.25) is 11.8 Å². The van der Waals surface area contributed by atoms with Crippen molar-refractivity contribution >= 4 is 58.2 Å². The van der Waals surface area contributed by atoms with Gasteiger partial charge in [-0.1, -0.05) is 40.9 Å². The molecule has 0 spiro atoms. The third-order valence-electron chi connectivity index (χ3n) is 3.30. The maximum atomic E-state index is 12.2. The van der Waals surface area contributed by atoms with Gasteiger partial charge in [0, 0.05) is 21.4 Å². The van der Waals surface area contributed by atoms with Crippen molar-refractivity contribution in [2.24, 2.45) is 0 Å². The van der Waals surface area contributed by atoms with Crippen LogP contribution in [0.5, 0.6) is 0 Å². The summed E-state index contributed by atoms with van der Waals surface area (Å²) in [5.41, 5.74) is 2.39. The summed E-state index contributed by atoms with van der Waals surface area (Å²) in [6.45, 7) is 3.72. The number of benzene rings is 2. The smallest absolute Gasteiger partial charge is 0.237 e. The molecule has 2 aromatic rings. The van der Waals surface area contributed by atoms with Gasteiger partial charge < -0.3 is 10.6 Å². The summed E-state index contributed by atoms with van der Waals surface area (Å²) in [6, 6.07) is 12.4. The largest absolute Gasteiger partial charge is 0.325 e. The van der Waals surface area contributed by atoms with Crippen LogP contribution in [0.1, 0.15) is 12.5 Å². The van der Waals surface area contributed by atoms with Crippen molar-refractivity contribution in [1.29, 1.82) is 0 Å². The zero-order chi connectivity index (χ0) is 18.4. The topological polar surface area (TPSA) is 58.2 Å². The quantitative estimate of drug-likeness (QED) is 0.721. The summed E-state index contributed by atoms with van der Waals surface area (Å²) < 4.78 is 0. The van der Waals surface area contributed by atoms with Crippen LogP contribution in [0.25, 0.3) is 0 Å². The van der Waals surface area contributed by atoms with Crippen LogP contribution in [0.4, 0.5) is 11.4 Å². The fourth-order valence-electron chi connectivity index (χ4n) is 1.98. The van der Waals surface area contributed by atoms with Gasteiger partial charge in [0.15, 0.2) is 0 Å². The molecule has 0 aromatic heterocycles. The van der Waals surface area contributed by atoms with Gasteiger partial charge in [-0.15, -0.1) is 11.8 Å². The first kappa shape index (κ1) is 19.6. The molecule has 4 nitrogen and oxygen atoms in total. The van der Waals surface area contributed by atoms with Crippen LogP contribution in [0.3, 0.4) is 0 Å². The molecule has 2 N–H and O–H groups in total. The minimum Gasteiger partial charge on any atom is -0.325 e. The Morgan fingerprint density at radius 1 is 1.00 bits per heavy atom. The number of halogens is 2. The number of nitrogens with one attached hydrogen (secondary N) is 2. The lowest BCUT2D eigenvalue weighted by molar-refractivity contribution is -0.115. The predicted octanol–water partition coefficient (Wildman–Crippen LogP) is 5.00. The standard InChI is InChI=1S/C18H18Cl2N2O2S/c1-11-3-5-15(6-4-11)21-17(23)10-25-12(2)18(24)22-16-8-13(19)7-14(20)9-16/h3-9,12H,10H2,1-2H3,(H,21,23)(H,22,24)/t12-/m0/s1. The molecule has 0 unspecified atom stereocenters. The van der Waals surface area contributed by atoms with Gasteiger partial charge in [-0.25, -0.2) is 0 Å². The summed E-state index contributed by atoms with van der Waals surface area (Å²) in [4.78, 5) is 24.2. The number of amides is 2. The van der Waals surface area contributed by atoms with E-state index in [1.165, 1.54) is 11.8 Å². The van der Waals surface area contributed by atoms with Crippen LogP contribution < -0.4 is 10.6 Å². The Morgan fingerprint density at radius 2 is 1.60 bits per heavy atom. The van der Waals surface area contributed by atoms with Crippen LogP contribution in [-0.4, -0.2) is 22.8 Å². The molecule has 2 aromatic carbocycles. The van der Waals surface area contributed by atoms with E-state index in [1.807, 2.05) is 31.2 Å². The van der Waals surface area contributed by atoms with Gasteiger partial charge >= 0.3 is 0 Å². The van der Waals surface area contributed by atoms with Crippen molar-refractivity contribution in [2.45, 2.75) is 19.1 Å². The zero-order valence-corrected chi connectivity index (χ0v) is 16.1. The van der Waals surface area contributed by atoms with E-state index < -0.39 is 5.25 Å². The molecule has 2 amide bonds. The van der Waals surface area contributed by atoms with Crippen molar-refractivity contribution in [3.05, 3.63) is 58.1 Å². The van der Waals surface area contributed by atoms with Gasteiger partial charge in [-0.2, -0.15) is 0 Å². The van der Waals surface area contributed by atoms with Crippen molar-refractivity contribution in [3.63, 3.8) is 0 Å². The van der Waals surface area contributed by atoms with E-state index in [1.54, 1.807) is 25.1 Å². The van der Waals surface area contributed by atoms with Gasteiger partial charge in [0.05, 0.1) is 11.0 Å². The molecule has 0 fully saturated rings. The Hall–Kier alpha value is -1.69. The maximum absolute atomic E-state index is 12.2. The second kappa shape index (κ2) is 9.13. The third kappa shape index (κ3) is 6.61. The molecule has 1 atom stereocenters. The van der Waals surface area contributed by atoms with E-state index in [2.05, 4.69) is 10.6 Å². The van der Waals surface area contributed by atoms with E-state index in [9.17, 15) is 9.59 Å². The molecule has 0 saturated carbocycles. The number of hydrogen-bond acceptors (Lipinski definition) is 3. The lowest BCUT2D eigenvalue weighted by Gasteiger charge is -2.12. The summed E-state index contributed by atoms with van der Waals surface area (Å²) in [5, 5.41) is 6.03. The molecular formula is C18H18Cl2N2O2S. The molecule has 0 aliphatic rings. The highest BCUT2D eigenvalue weighted by molar-refractivity contribution is 8.01. The monoisotopic (exact) mass is 396 g/mol. The molecule has 25 heavy (non-hydrogen) atoms. The number of anilines is 2. The van der Waals surface area contributed by atoms with Gasteiger partial charge in [-0.3, -0.25) is 9.59 Å². The molecule has 0 heterocycles. The SMILES string of the molecule is Cc1ccc(NC(=O)CS[C@@H](C)C(=O)Nc2cc(Cl)cc(Cl)c2)cc1. The molecular weight excluding hydrogens is 379 g/mol. The van der Waals surface area contributed by atoms with Crippen LogP contribution in [-0.2, 0) is 9.59 Å². The number of thioether (sulfide) groups is 1. The Morgan fingerprint density at radius 3 is 2.20 bits per heavy atom. The molecule has 0 radical (unpaired) electrons. The Kier molecular flexibility index (Phi) is 7.17. The lowest BCUT2D eigenvalue weighted by atomic mass is 10.2. The average Bonchev–Trinajstić information content (AvgIpc) is 2.53. The van der Waals surface area contributed by atoms with Crippen LogP contribution in [0, 0.1) is 6.92 Å². The molecule has 2 rings (SSSR count). The minimum absolute atomic E-state index is 0.153. The Balaban J connectivity index is 1.82. The fraction of sp³-hybridized carbons (Fsp3) is 0.222. The van der Waals surface area contributed by atoms with Gasteiger partial charge in [0.1, 0.15) is 0 Å². The van der Waals surface area contributed by atoms with Crippen molar-refractivity contribution in [1.82, 2.24) is 0 Å². The third-order valence-corrected chi connectivity index (χ3v) is 4.88. The van der Waals surface area contributed by atoms with E-state index in [0.29, 0.717) is 15.7 Å². The number of rotatable bonds is 6. The number of carbonyl (C=O) groups excluding carboxylic acids is 2. The van der Waals surface area contributed by atoms with Crippen LogP contribution >= 0.6 is 35.0 Å². The van der Waals surface area contributed by atoms with Crippen molar-refractivity contribution < 1.29 is 9.59 Å².